The van der Waals surface area contributed by atoms with Crippen molar-refractivity contribution in [3.63, 3.8) is 0 Å². The number of hydrogen-bond donors (Lipinski definition) is 2. The first-order valence-electron chi connectivity index (χ1n) is 11.1. The highest BCUT2D eigenvalue weighted by Crippen LogP contribution is 2.40. The average Bonchev–Trinajstić information content (AvgIpc) is 3.50. The van der Waals surface area contributed by atoms with Gasteiger partial charge >= 0.3 is 0 Å². The van der Waals surface area contributed by atoms with Crippen LogP contribution in [0, 0.1) is 12.7 Å². The third-order valence-electron chi connectivity index (χ3n) is 6.71. The number of hydrogen-bond acceptors (Lipinski definition) is 4. The lowest BCUT2D eigenvalue weighted by atomic mass is 9.94. The number of aryl methyl sites for hydroxylation is 1. The van der Waals surface area contributed by atoms with E-state index in [4.69, 9.17) is 4.42 Å². The molecule has 2 N–H and O–H groups in total. The van der Waals surface area contributed by atoms with Gasteiger partial charge in [-0.2, -0.15) is 0 Å². The summed E-state index contributed by atoms with van der Waals surface area (Å²) in [4.78, 5) is 26.1. The van der Waals surface area contributed by atoms with E-state index in [0.29, 0.717) is 10.9 Å². The number of imide groups is 1. The van der Waals surface area contributed by atoms with Gasteiger partial charge in [-0.05, 0) is 62.7 Å². The van der Waals surface area contributed by atoms with Gasteiger partial charge in [0.2, 0.25) is 0 Å². The van der Waals surface area contributed by atoms with Gasteiger partial charge in [0.05, 0.1) is 23.0 Å². The van der Waals surface area contributed by atoms with Gasteiger partial charge in [0.1, 0.15) is 11.4 Å². The lowest BCUT2D eigenvalue weighted by Crippen LogP contribution is -2.29. The molecule has 0 atom stereocenters. The van der Waals surface area contributed by atoms with Crippen LogP contribution in [-0.4, -0.2) is 29.5 Å². The van der Waals surface area contributed by atoms with Crippen molar-refractivity contribution in [2.75, 3.05) is 13.1 Å². The predicted octanol–water partition coefficient (Wildman–Crippen LogP) is 4.75. The molecule has 0 radical (unpaired) electrons. The Bertz CT molecular complexity index is 1490. The maximum Gasteiger partial charge on any atom is 0.259 e. The molecular formula is C26H23ClFN3O3. The molecule has 6 nitrogen and oxygen atoms in total. The van der Waals surface area contributed by atoms with Crippen molar-refractivity contribution in [3.05, 3.63) is 71.4 Å². The second-order valence-electron chi connectivity index (χ2n) is 8.75. The number of benzene rings is 2. The van der Waals surface area contributed by atoms with E-state index in [0.717, 1.165) is 42.4 Å². The molecule has 0 saturated carbocycles. The molecule has 34 heavy (non-hydrogen) atoms. The molecule has 4 heterocycles. The summed E-state index contributed by atoms with van der Waals surface area (Å²) in [7, 11) is 0. The zero-order valence-corrected chi connectivity index (χ0v) is 19.3. The van der Waals surface area contributed by atoms with E-state index < -0.39 is 17.6 Å². The Morgan fingerprint density at radius 1 is 1.03 bits per heavy atom. The van der Waals surface area contributed by atoms with Crippen molar-refractivity contribution in [1.82, 2.24) is 15.2 Å². The van der Waals surface area contributed by atoms with E-state index in [-0.39, 0.29) is 40.7 Å². The van der Waals surface area contributed by atoms with Crippen LogP contribution in [-0.2, 0) is 9.59 Å². The van der Waals surface area contributed by atoms with Crippen molar-refractivity contribution in [2.24, 2.45) is 0 Å². The highest BCUT2D eigenvalue weighted by Gasteiger charge is 2.37. The van der Waals surface area contributed by atoms with Crippen LogP contribution in [0.25, 0.3) is 33.0 Å². The van der Waals surface area contributed by atoms with Crippen LogP contribution in [0.15, 0.2) is 53.3 Å². The number of nitrogens with one attached hydrogen (secondary N) is 2. The fourth-order valence-electron chi connectivity index (χ4n) is 5.14. The van der Waals surface area contributed by atoms with E-state index in [9.17, 15) is 9.59 Å². The monoisotopic (exact) mass is 479 g/mol. The number of rotatable bonds is 3. The molecule has 0 unspecified atom stereocenters. The summed E-state index contributed by atoms with van der Waals surface area (Å²) in [5.74, 6) is -1.75. The second-order valence-corrected chi connectivity index (χ2v) is 8.75. The van der Waals surface area contributed by atoms with Crippen LogP contribution in [0.1, 0.15) is 35.6 Å². The normalized spacial score (nSPS) is 17.0. The van der Waals surface area contributed by atoms with E-state index in [2.05, 4.69) is 21.3 Å². The number of nitrogens with zero attached hydrogens (tertiary/aromatic N) is 1. The Balaban J connectivity index is 0.00000241. The van der Waals surface area contributed by atoms with Crippen LogP contribution < -0.4 is 10.6 Å². The molecule has 2 aromatic carbocycles. The standard InChI is InChI=1S/C26H22FN3O3.ClH/c1-14-2-4-17-18(13-30(20(17)12-14)16-6-9-28-10-7-16)21-23(26(32)29-25(21)31)22-19(27)5-3-15-8-11-33-24(15)22;/h2-5,8,11-13,16,28H,6-7,9-10H2,1H3,(H,29,31,32);1H. The zero-order chi connectivity index (χ0) is 22.7. The quantitative estimate of drug-likeness (QED) is 0.416. The smallest absolute Gasteiger partial charge is 0.259 e. The fraction of sp³-hybridized carbons (Fsp3) is 0.231. The van der Waals surface area contributed by atoms with Crippen LogP contribution in [0.3, 0.4) is 0 Å². The first-order valence-corrected chi connectivity index (χ1v) is 11.1. The second kappa shape index (κ2) is 8.42. The Labute approximate surface area is 201 Å². The number of amides is 2. The van der Waals surface area contributed by atoms with E-state index in [1.165, 1.54) is 12.3 Å². The Morgan fingerprint density at radius 3 is 2.59 bits per heavy atom. The molecule has 4 aromatic rings. The topological polar surface area (TPSA) is 76.3 Å². The van der Waals surface area contributed by atoms with Gasteiger partial charge in [-0.15, -0.1) is 12.4 Å². The Hall–Kier alpha value is -3.42. The molecular weight excluding hydrogens is 457 g/mol. The van der Waals surface area contributed by atoms with Crippen LogP contribution in [0.5, 0.6) is 0 Å². The summed E-state index contributed by atoms with van der Waals surface area (Å²) in [6, 6.07) is 10.9. The minimum absolute atomic E-state index is 0. The van der Waals surface area contributed by atoms with E-state index in [1.54, 1.807) is 12.1 Å². The highest BCUT2D eigenvalue weighted by molar-refractivity contribution is 6.50. The van der Waals surface area contributed by atoms with Crippen LogP contribution in [0.2, 0.25) is 0 Å². The molecule has 0 spiro atoms. The summed E-state index contributed by atoms with van der Waals surface area (Å²) in [6.07, 6.45) is 5.34. The number of carbonyl (C=O) groups is 2. The van der Waals surface area contributed by atoms with E-state index in [1.807, 2.05) is 25.3 Å². The highest BCUT2D eigenvalue weighted by atomic mass is 35.5. The summed E-state index contributed by atoms with van der Waals surface area (Å²) in [5, 5.41) is 7.30. The van der Waals surface area contributed by atoms with Crippen LogP contribution >= 0.6 is 12.4 Å². The van der Waals surface area contributed by atoms with Gasteiger partial charge in [-0.25, -0.2) is 4.39 Å². The molecule has 2 aliphatic heterocycles. The third-order valence-corrected chi connectivity index (χ3v) is 6.71. The molecule has 0 aliphatic carbocycles. The number of piperidine rings is 1. The van der Waals surface area contributed by atoms with Gasteiger partial charge in [0, 0.05) is 34.1 Å². The summed E-state index contributed by atoms with van der Waals surface area (Å²) >= 11 is 0. The largest absolute Gasteiger partial charge is 0.464 e. The predicted molar refractivity (Wildman–Crippen MR) is 131 cm³/mol. The number of halogens is 2. The lowest BCUT2D eigenvalue weighted by molar-refractivity contribution is -0.122. The van der Waals surface area contributed by atoms with Crippen LogP contribution in [0.4, 0.5) is 4.39 Å². The summed E-state index contributed by atoms with van der Waals surface area (Å²) in [6.45, 7) is 3.87. The molecule has 174 valence electrons. The maximum atomic E-state index is 15.1. The van der Waals surface area contributed by atoms with Gasteiger partial charge in [0.25, 0.3) is 11.8 Å². The fourth-order valence-corrected chi connectivity index (χ4v) is 5.14. The van der Waals surface area contributed by atoms with Gasteiger partial charge < -0.3 is 14.3 Å². The summed E-state index contributed by atoms with van der Waals surface area (Å²) < 4.78 is 22.9. The Kier molecular flexibility index (Phi) is 5.54. The van der Waals surface area contributed by atoms with Crippen molar-refractivity contribution in [1.29, 1.82) is 0 Å². The minimum Gasteiger partial charge on any atom is -0.464 e. The molecule has 1 saturated heterocycles. The lowest BCUT2D eigenvalue weighted by Gasteiger charge is -2.25. The molecule has 2 aromatic heterocycles. The van der Waals surface area contributed by atoms with Gasteiger partial charge in [-0.3, -0.25) is 14.9 Å². The third kappa shape index (κ3) is 3.35. The zero-order valence-electron chi connectivity index (χ0n) is 18.5. The first kappa shape index (κ1) is 22.4. The molecule has 2 aliphatic rings. The molecule has 0 bridgehead atoms. The maximum absolute atomic E-state index is 15.1. The van der Waals surface area contributed by atoms with Crippen molar-refractivity contribution in [2.45, 2.75) is 25.8 Å². The Morgan fingerprint density at radius 2 is 1.79 bits per heavy atom. The molecule has 1 fully saturated rings. The summed E-state index contributed by atoms with van der Waals surface area (Å²) in [5.41, 5.74) is 3.22. The number of fused-ring (bicyclic) bond motifs is 2. The SMILES string of the molecule is Cc1ccc2c(C3=C(c4c(F)ccc5ccoc45)C(=O)NC3=O)cn(C3CCNCC3)c2c1.Cl. The van der Waals surface area contributed by atoms with Crippen molar-refractivity contribution in [3.8, 4) is 0 Å². The molecule has 8 heteroatoms. The average molecular weight is 480 g/mol. The van der Waals surface area contributed by atoms with Gasteiger partial charge in [0.15, 0.2) is 0 Å². The molecule has 6 rings (SSSR count). The number of carbonyl (C=O) groups excluding carboxylic acids is 2. The van der Waals surface area contributed by atoms with Gasteiger partial charge in [-0.1, -0.05) is 12.1 Å². The molecule has 2 amide bonds. The van der Waals surface area contributed by atoms with E-state index >= 15 is 4.39 Å². The number of furan rings is 1. The number of aromatic nitrogens is 1. The van der Waals surface area contributed by atoms with Crippen molar-refractivity contribution < 1.29 is 18.4 Å². The first-order chi connectivity index (χ1) is 16.0. The van der Waals surface area contributed by atoms with Crippen molar-refractivity contribution >= 4 is 57.2 Å². The minimum atomic E-state index is -0.618.